The Morgan fingerprint density at radius 1 is 1.03 bits per heavy atom. The van der Waals surface area contributed by atoms with Gasteiger partial charge >= 0.3 is 0 Å². The van der Waals surface area contributed by atoms with Crippen LogP contribution in [0.25, 0.3) is 0 Å². The molecule has 0 bridgehead atoms. The minimum absolute atomic E-state index is 0.0938. The number of likely N-dealkylation sites (tertiary alicyclic amines) is 1. The topological polar surface area (TPSA) is 95.6 Å². The molecule has 2 aromatic carbocycles. The molecule has 1 saturated carbocycles. The van der Waals surface area contributed by atoms with Gasteiger partial charge < -0.3 is 10.2 Å². The van der Waals surface area contributed by atoms with E-state index in [1.807, 2.05) is 18.2 Å². The molecule has 7 nitrogen and oxygen atoms in total. The van der Waals surface area contributed by atoms with E-state index in [0.717, 1.165) is 25.7 Å². The second kappa shape index (κ2) is 9.42. The van der Waals surface area contributed by atoms with E-state index < -0.39 is 16.1 Å². The first-order chi connectivity index (χ1) is 15.4. The molecule has 0 spiro atoms. The molecule has 1 aliphatic heterocycles. The Hall–Kier alpha value is -2.71. The van der Waals surface area contributed by atoms with E-state index in [4.69, 9.17) is 0 Å². The molecule has 2 fully saturated rings. The van der Waals surface area contributed by atoms with Gasteiger partial charge in [0.15, 0.2) is 0 Å². The van der Waals surface area contributed by atoms with Gasteiger partial charge in [0.05, 0.1) is 4.90 Å². The lowest BCUT2D eigenvalue weighted by molar-refractivity contribution is -0.125. The van der Waals surface area contributed by atoms with Crippen molar-refractivity contribution >= 4 is 21.8 Å². The standard InChI is InChI=1S/C24H29N3O4S/c1-25-32(30,31)20-12-7-8-17(14-20)16-26-23(28)22-15-19-11-5-6-13-21(19)27(22)24(29)18-9-3-2-4-10-18/h2-4,7-10,12,14,19,21-22,25H,5-6,11,13,15-16H2,1H3,(H,26,28). The summed E-state index contributed by atoms with van der Waals surface area (Å²) in [5, 5.41) is 2.94. The number of hydrogen-bond acceptors (Lipinski definition) is 4. The van der Waals surface area contributed by atoms with Crippen LogP contribution in [-0.4, -0.2) is 44.3 Å². The summed E-state index contributed by atoms with van der Waals surface area (Å²) in [6.45, 7) is 0.200. The van der Waals surface area contributed by atoms with Gasteiger partial charge in [0.1, 0.15) is 6.04 Å². The molecule has 0 aromatic heterocycles. The van der Waals surface area contributed by atoms with Crippen LogP contribution >= 0.6 is 0 Å². The van der Waals surface area contributed by atoms with E-state index in [2.05, 4.69) is 10.0 Å². The molecule has 170 valence electrons. The van der Waals surface area contributed by atoms with Crippen LogP contribution in [0.3, 0.4) is 0 Å². The molecule has 4 rings (SSSR count). The van der Waals surface area contributed by atoms with Gasteiger partial charge in [-0.15, -0.1) is 0 Å². The van der Waals surface area contributed by atoms with Crippen LogP contribution in [0, 0.1) is 5.92 Å². The molecule has 32 heavy (non-hydrogen) atoms. The van der Waals surface area contributed by atoms with Gasteiger partial charge in [-0.3, -0.25) is 9.59 Å². The van der Waals surface area contributed by atoms with Crippen molar-refractivity contribution in [2.45, 2.75) is 55.6 Å². The SMILES string of the molecule is CNS(=O)(=O)c1cccc(CNC(=O)C2CC3CCCCC3N2C(=O)c2ccccc2)c1. The molecule has 8 heteroatoms. The average molecular weight is 456 g/mol. The van der Waals surface area contributed by atoms with E-state index in [1.54, 1.807) is 35.2 Å². The Kier molecular flexibility index (Phi) is 6.62. The van der Waals surface area contributed by atoms with E-state index >= 15 is 0 Å². The number of carbonyl (C=O) groups is 2. The molecule has 3 atom stereocenters. The second-order valence-electron chi connectivity index (χ2n) is 8.51. The van der Waals surface area contributed by atoms with Crippen LogP contribution in [-0.2, 0) is 21.4 Å². The summed E-state index contributed by atoms with van der Waals surface area (Å²) in [6.07, 6.45) is 4.84. The number of nitrogens with zero attached hydrogens (tertiary/aromatic N) is 1. The fraction of sp³-hybridized carbons (Fsp3) is 0.417. The van der Waals surface area contributed by atoms with Crippen molar-refractivity contribution in [3.8, 4) is 0 Å². The maximum absolute atomic E-state index is 13.4. The molecular formula is C24H29N3O4S. The summed E-state index contributed by atoms with van der Waals surface area (Å²) in [5.74, 6) is 0.0593. The van der Waals surface area contributed by atoms with E-state index in [9.17, 15) is 18.0 Å². The predicted octanol–water partition coefficient (Wildman–Crippen LogP) is 2.68. The zero-order valence-electron chi connectivity index (χ0n) is 18.2. The number of rotatable bonds is 6. The van der Waals surface area contributed by atoms with E-state index in [1.165, 1.54) is 13.1 Å². The quantitative estimate of drug-likeness (QED) is 0.700. The zero-order valence-corrected chi connectivity index (χ0v) is 19.0. The monoisotopic (exact) mass is 455 g/mol. The minimum atomic E-state index is -3.56. The molecule has 2 aliphatic rings. The molecular weight excluding hydrogens is 426 g/mol. The fourth-order valence-electron chi connectivity index (χ4n) is 4.96. The van der Waals surface area contributed by atoms with Crippen LogP contribution in [0.1, 0.15) is 48.0 Å². The highest BCUT2D eigenvalue weighted by Crippen LogP contribution is 2.40. The van der Waals surface area contributed by atoms with Gasteiger partial charge in [-0.25, -0.2) is 13.1 Å². The van der Waals surface area contributed by atoms with Crippen LogP contribution in [0.15, 0.2) is 59.5 Å². The third-order valence-electron chi connectivity index (χ3n) is 6.59. The van der Waals surface area contributed by atoms with Crippen molar-refractivity contribution < 1.29 is 18.0 Å². The number of sulfonamides is 1. The van der Waals surface area contributed by atoms with Crippen LogP contribution in [0.5, 0.6) is 0 Å². The molecule has 3 unspecified atom stereocenters. The predicted molar refractivity (Wildman–Crippen MR) is 121 cm³/mol. The Balaban J connectivity index is 1.51. The summed E-state index contributed by atoms with van der Waals surface area (Å²) in [5.41, 5.74) is 1.28. The molecule has 1 aliphatic carbocycles. The Morgan fingerprint density at radius 3 is 2.53 bits per heavy atom. The Morgan fingerprint density at radius 2 is 1.78 bits per heavy atom. The summed E-state index contributed by atoms with van der Waals surface area (Å²) in [7, 11) is -2.19. The first-order valence-electron chi connectivity index (χ1n) is 11.1. The summed E-state index contributed by atoms with van der Waals surface area (Å²) in [6, 6.07) is 15.2. The largest absolute Gasteiger partial charge is 0.350 e. The maximum Gasteiger partial charge on any atom is 0.254 e. The fourth-order valence-corrected chi connectivity index (χ4v) is 5.76. The highest BCUT2D eigenvalue weighted by atomic mass is 32.2. The van der Waals surface area contributed by atoms with Crippen LogP contribution in [0.4, 0.5) is 0 Å². The Labute approximate surface area is 189 Å². The summed E-state index contributed by atoms with van der Waals surface area (Å²) >= 11 is 0. The van der Waals surface area contributed by atoms with Crippen molar-refractivity contribution in [2.75, 3.05) is 7.05 Å². The van der Waals surface area contributed by atoms with Crippen molar-refractivity contribution in [1.82, 2.24) is 14.9 Å². The second-order valence-corrected chi connectivity index (χ2v) is 10.4. The summed E-state index contributed by atoms with van der Waals surface area (Å²) < 4.78 is 26.4. The van der Waals surface area contributed by atoms with E-state index in [-0.39, 0.29) is 29.3 Å². The highest BCUT2D eigenvalue weighted by molar-refractivity contribution is 7.89. The van der Waals surface area contributed by atoms with Gasteiger partial charge in [-0.05, 0) is 62.1 Å². The molecule has 1 heterocycles. The lowest BCUT2D eigenvalue weighted by Crippen LogP contribution is -2.49. The van der Waals surface area contributed by atoms with Gasteiger partial charge in [0, 0.05) is 18.2 Å². The first kappa shape index (κ1) is 22.5. The van der Waals surface area contributed by atoms with E-state index in [0.29, 0.717) is 23.5 Å². The number of benzene rings is 2. The minimum Gasteiger partial charge on any atom is -0.350 e. The third kappa shape index (κ3) is 4.56. The van der Waals surface area contributed by atoms with Gasteiger partial charge in [-0.1, -0.05) is 43.2 Å². The number of fused-ring (bicyclic) bond motifs is 1. The molecule has 2 N–H and O–H groups in total. The normalized spacial score (nSPS) is 22.9. The number of amides is 2. The average Bonchev–Trinajstić information content (AvgIpc) is 3.22. The lowest BCUT2D eigenvalue weighted by atomic mass is 9.84. The van der Waals surface area contributed by atoms with Gasteiger partial charge in [0.2, 0.25) is 15.9 Å². The van der Waals surface area contributed by atoms with Gasteiger partial charge in [-0.2, -0.15) is 0 Å². The molecule has 2 aromatic rings. The first-order valence-corrected chi connectivity index (χ1v) is 12.6. The van der Waals surface area contributed by atoms with Crippen LogP contribution < -0.4 is 10.0 Å². The highest BCUT2D eigenvalue weighted by Gasteiger charge is 2.47. The van der Waals surface area contributed by atoms with Gasteiger partial charge in [0.25, 0.3) is 5.91 Å². The number of carbonyl (C=O) groups excluding carboxylic acids is 2. The van der Waals surface area contributed by atoms with Crippen molar-refractivity contribution in [2.24, 2.45) is 5.92 Å². The Bertz CT molecular complexity index is 1090. The molecule has 1 saturated heterocycles. The molecule has 2 amide bonds. The third-order valence-corrected chi connectivity index (χ3v) is 8.00. The lowest BCUT2D eigenvalue weighted by Gasteiger charge is -2.33. The number of hydrogen-bond donors (Lipinski definition) is 2. The van der Waals surface area contributed by atoms with Crippen LogP contribution in [0.2, 0.25) is 0 Å². The van der Waals surface area contributed by atoms with Crippen molar-refractivity contribution in [3.63, 3.8) is 0 Å². The zero-order chi connectivity index (χ0) is 22.7. The van der Waals surface area contributed by atoms with Crippen molar-refractivity contribution in [1.29, 1.82) is 0 Å². The summed E-state index contributed by atoms with van der Waals surface area (Å²) in [4.78, 5) is 28.5. The molecule has 0 radical (unpaired) electrons. The number of nitrogens with one attached hydrogen (secondary N) is 2. The maximum atomic E-state index is 13.4. The smallest absolute Gasteiger partial charge is 0.254 e. The van der Waals surface area contributed by atoms with Crippen molar-refractivity contribution in [3.05, 3.63) is 65.7 Å².